The topological polar surface area (TPSA) is 29.5 Å². The zero-order valence-corrected chi connectivity index (χ0v) is 13.0. The maximum Gasteiger partial charge on any atom is 0.180 e. The first-order valence-electron chi connectivity index (χ1n) is 7.45. The Labute approximate surface area is 121 Å². The molecule has 0 amide bonds. The molecule has 3 nitrogen and oxygen atoms in total. The highest BCUT2D eigenvalue weighted by Crippen LogP contribution is 2.25. The van der Waals surface area contributed by atoms with E-state index < -0.39 is 0 Å². The Bertz CT molecular complexity index is 484. The summed E-state index contributed by atoms with van der Waals surface area (Å²) in [6.07, 6.45) is 2.45. The third-order valence-electron chi connectivity index (χ3n) is 4.51. The van der Waals surface area contributed by atoms with Crippen molar-refractivity contribution in [3.63, 3.8) is 0 Å². The molecular formula is C17H25NO2. The third kappa shape index (κ3) is 3.21. The number of likely N-dealkylation sites (tertiary alicyclic amines) is 1. The van der Waals surface area contributed by atoms with Crippen LogP contribution in [0.25, 0.3) is 0 Å². The Morgan fingerprint density at radius 1 is 1.40 bits per heavy atom. The lowest BCUT2D eigenvalue weighted by atomic mass is 9.91. The molecule has 2 unspecified atom stereocenters. The first-order chi connectivity index (χ1) is 9.52. The van der Waals surface area contributed by atoms with E-state index in [1.54, 1.807) is 7.11 Å². The summed E-state index contributed by atoms with van der Waals surface area (Å²) in [5.74, 6) is 1.51. The van der Waals surface area contributed by atoms with E-state index >= 15 is 0 Å². The molecule has 2 atom stereocenters. The highest BCUT2D eigenvalue weighted by molar-refractivity contribution is 6.00. The van der Waals surface area contributed by atoms with E-state index in [9.17, 15) is 4.79 Å². The van der Waals surface area contributed by atoms with Gasteiger partial charge in [-0.05, 0) is 56.8 Å². The first-order valence-corrected chi connectivity index (χ1v) is 7.45. The van der Waals surface area contributed by atoms with Crippen LogP contribution in [-0.2, 0) is 0 Å². The lowest BCUT2D eigenvalue weighted by Crippen LogP contribution is -2.44. The molecule has 0 saturated carbocycles. The number of carbonyl (C=O) groups excluding carboxylic acids is 1. The number of piperidine rings is 1. The van der Waals surface area contributed by atoms with Crippen molar-refractivity contribution >= 4 is 5.78 Å². The minimum absolute atomic E-state index is 0.155. The standard InChI is InChI=1S/C17H25NO2/c1-12-7-8-15(17(10-12)20-4)16(19)11-18-9-5-6-13(2)14(18)3/h7-8,10,13-14H,5-6,9,11H2,1-4H3. The Kier molecular flexibility index (Phi) is 4.81. The maximum atomic E-state index is 12.5. The van der Waals surface area contributed by atoms with Crippen molar-refractivity contribution in [1.29, 1.82) is 0 Å². The van der Waals surface area contributed by atoms with Crippen LogP contribution in [0.15, 0.2) is 18.2 Å². The van der Waals surface area contributed by atoms with Gasteiger partial charge in [-0.1, -0.05) is 13.0 Å². The molecule has 1 aliphatic rings. The minimum atomic E-state index is 0.155. The van der Waals surface area contributed by atoms with Gasteiger partial charge in [0.15, 0.2) is 5.78 Å². The number of Topliss-reactive ketones (excluding diaryl/α,β-unsaturated/α-hetero) is 1. The molecule has 2 rings (SSSR count). The molecular weight excluding hydrogens is 250 g/mol. The molecule has 110 valence electrons. The second-order valence-corrected chi connectivity index (χ2v) is 5.96. The van der Waals surface area contributed by atoms with Crippen molar-refractivity contribution in [2.45, 2.75) is 39.7 Å². The average Bonchev–Trinajstić information content (AvgIpc) is 2.43. The molecule has 0 bridgehead atoms. The van der Waals surface area contributed by atoms with E-state index in [4.69, 9.17) is 4.74 Å². The number of rotatable bonds is 4. The predicted octanol–water partition coefficient (Wildman–Crippen LogP) is 3.31. The number of hydrogen-bond acceptors (Lipinski definition) is 3. The van der Waals surface area contributed by atoms with E-state index in [2.05, 4.69) is 18.7 Å². The molecule has 0 spiro atoms. The molecule has 1 heterocycles. The maximum absolute atomic E-state index is 12.5. The molecule has 0 aromatic heterocycles. The predicted molar refractivity (Wildman–Crippen MR) is 81.5 cm³/mol. The number of benzene rings is 1. The molecule has 1 fully saturated rings. The Morgan fingerprint density at radius 3 is 2.85 bits per heavy atom. The van der Waals surface area contributed by atoms with Crippen molar-refractivity contribution in [1.82, 2.24) is 4.90 Å². The molecule has 0 aliphatic carbocycles. The Morgan fingerprint density at radius 2 is 2.15 bits per heavy atom. The van der Waals surface area contributed by atoms with Crippen molar-refractivity contribution in [2.75, 3.05) is 20.2 Å². The van der Waals surface area contributed by atoms with Crippen LogP contribution in [-0.4, -0.2) is 36.9 Å². The zero-order valence-electron chi connectivity index (χ0n) is 13.0. The first kappa shape index (κ1) is 15.0. The van der Waals surface area contributed by atoms with Crippen molar-refractivity contribution < 1.29 is 9.53 Å². The molecule has 0 radical (unpaired) electrons. The van der Waals surface area contributed by atoms with Gasteiger partial charge in [-0.3, -0.25) is 9.69 Å². The van der Waals surface area contributed by atoms with Gasteiger partial charge in [0.05, 0.1) is 19.2 Å². The lowest BCUT2D eigenvalue weighted by Gasteiger charge is -2.37. The third-order valence-corrected chi connectivity index (χ3v) is 4.51. The van der Waals surface area contributed by atoms with Gasteiger partial charge in [0, 0.05) is 6.04 Å². The summed E-state index contributed by atoms with van der Waals surface area (Å²) in [4.78, 5) is 14.8. The van der Waals surface area contributed by atoms with E-state index in [-0.39, 0.29) is 5.78 Å². The minimum Gasteiger partial charge on any atom is -0.496 e. The summed E-state index contributed by atoms with van der Waals surface area (Å²) in [7, 11) is 1.62. The zero-order chi connectivity index (χ0) is 14.7. The Balaban J connectivity index is 2.12. The van der Waals surface area contributed by atoms with Gasteiger partial charge < -0.3 is 4.74 Å². The van der Waals surface area contributed by atoms with Crippen molar-refractivity contribution in [2.24, 2.45) is 5.92 Å². The second kappa shape index (κ2) is 6.40. The second-order valence-electron chi connectivity index (χ2n) is 5.96. The van der Waals surface area contributed by atoms with Crippen LogP contribution >= 0.6 is 0 Å². The summed E-state index contributed by atoms with van der Waals surface area (Å²) in [6, 6.07) is 6.26. The number of ether oxygens (including phenoxy) is 1. The van der Waals surface area contributed by atoms with Gasteiger partial charge in [0.2, 0.25) is 0 Å². The van der Waals surface area contributed by atoms with Gasteiger partial charge in [0.25, 0.3) is 0 Å². The summed E-state index contributed by atoms with van der Waals surface area (Å²) in [6.45, 7) is 8.01. The molecule has 1 aromatic carbocycles. The fourth-order valence-electron chi connectivity index (χ4n) is 2.94. The summed E-state index contributed by atoms with van der Waals surface area (Å²) < 4.78 is 5.35. The van der Waals surface area contributed by atoms with Crippen molar-refractivity contribution in [3.05, 3.63) is 29.3 Å². The lowest BCUT2D eigenvalue weighted by molar-refractivity contribution is 0.0777. The van der Waals surface area contributed by atoms with Crippen molar-refractivity contribution in [3.8, 4) is 5.75 Å². The monoisotopic (exact) mass is 275 g/mol. The summed E-state index contributed by atoms with van der Waals surface area (Å²) in [5, 5.41) is 0. The molecule has 1 aromatic rings. The number of hydrogen-bond donors (Lipinski definition) is 0. The van der Waals surface area contributed by atoms with Crippen LogP contribution in [0, 0.1) is 12.8 Å². The molecule has 20 heavy (non-hydrogen) atoms. The van der Waals surface area contributed by atoms with E-state index in [0.29, 0.717) is 29.8 Å². The van der Waals surface area contributed by atoms with Crippen LogP contribution in [0.2, 0.25) is 0 Å². The summed E-state index contributed by atoms with van der Waals surface area (Å²) >= 11 is 0. The fourth-order valence-corrected chi connectivity index (χ4v) is 2.94. The highest BCUT2D eigenvalue weighted by atomic mass is 16.5. The van der Waals surface area contributed by atoms with Gasteiger partial charge in [-0.15, -0.1) is 0 Å². The van der Waals surface area contributed by atoms with Crippen LogP contribution in [0.3, 0.4) is 0 Å². The highest BCUT2D eigenvalue weighted by Gasteiger charge is 2.27. The van der Waals surface area contributed by atoms with Crippen LogP contribution in [0.5, 0.6) is 5.75 Å². The Hall–Kier alpha value is -1.35. The van der Waals surface area contributed by atoms with Gasteiger partial charge in [-0.2, -0.15) is 0 Å². The fraction of sp³-hybridized carbons (Fsp3) is 0.588. The van der Waals surface area contributed by atoms with Crippen LogP contribution < -0.4 is 4.74 Å². The van der Waals surface area contributed by atoms with E-state index in [1.807, 2.05) is 25.1 Å². The largest absolute Gasteiger partial charge is 0.496 e. The van der Waals surface area contributed by atoms with Gasteiger partial charge in [-0.25, -0.2) is 0 Å². The number of nitrogens with zero attached hydrogens (tertiary/aromatic N) is 1. The SMILES string of the molecule is COc1cc(C)ccc1C(=O)CN1CCCC(C)C1C. The number of aryl methyl sites for hydroxylation is 1. The van der Waals surface area contributed by atoms with Crippen LogP contribution in [0.1, 0.15) is 42.6 Å². The van der Waals surface area contributed by atoms with E-state index in [0.717, 1.165) is 12.1 Å². The molecule has 1 saturated heterocycles. The number of methoxy groups -OCH3 is 1. The van der Waals surface area contributed by atoms with Gasteiger partial charge >= 0.3 is 0 Å². The average molecular weight is 275 g/mol. The normalized spacial score (nSPS) is 23.6. The number of carbonyl (C=O) groups is 1. The molecule has 0 N–H and O–H groups in total. The summed E-state index contributed by atoms with van der Waals surface area (Å²) in [5.41, 5.74) is 1.81. The molecule has 1 aliphatic heterocycles. The number of ketones is 1. The quantitative estimate of drug-likeness (QED) is 0.790. The smallest absolute Gasteiger partial charge is 0.180 e. The molecule has 3 heteroatoms. The van der Waals surface area contributed by atoms with Gasteiger partial charge in [0.1, 0.15) is 5.75 Å². The van der Waals surface area contributed by atoms with Crippen LogP contribution in [0.4, 0.5) is 0 Å². The van der Waals surface area contributed by atoms with E-state index in [1.165, 1.54) is 12.8 Å².